The molecule has 1 aliphatic heterocycles. The van der Waals surface area contributed by atoms with Crippen LogP contribution in [0.3, 0.4) is 0 Å². The van der Waals surface area contributed by atoms with Gasteiger partial charge in [0.15, 0.2) is 5.78 Å². The molecule has 0 bridgehead atoms. The number of hydrogen-bond acceptors (Lipinski definition) is 4. The molecule has 0 atom stereocenters. The molecule has 0 amide bonds. The van der Waals surface area contributed by atoms with Crippen molar-refractivity contribution in [3.05, 3.63) is 65.5 Å². The first-order valence-corrected chi connectivity index (χ1v) is 10.7. The molecule has 28 heavy (non-hydrogen) atoms. The minimum atomic E-state index is -3.81. The molecular weight excluding hydrogens is 381 g/mol. The van der Waals surface area contributed by atoms with E-state index in [9.17, 15) is 17.6 Å². The number of hydrogen-bond donors (Lipinski definition) is 1. The van der Waals surface area contributed by atoms with Gasteiger partial charge >= 0.3 is 10.2 Å². The molecule has 0 saturated carbocycles. The van der Waals surface area contributed by atoms with Gasteiger partial charge in [0.25, 0.3) is 0 Å². The first-order chi connectivity index (χ1) is 13.4. The number of piperidine rings is 1. The van der Waals surface area contributed by atoms with Crippen molar-refractivity contribution in [1.29, 1.82) is 0 Å². The molecule has 0 aromatic heterocycles. The molecule has 0 unspecified atom stereocenters. The number of anilines is 1. The van der Waals surface area contributed by atoms with E-state index in [1.54, 1.807) is 30.3 Å². The fourth-order valence-corrected chi connectivity index (χ4v) is 4.95. The summed E-state index contributed by atoms with van der Waals surface area (Å²) in [6.45, 7) is 0.542. The van der Waals surface area contributed by atoms with Crippen LogP contribution in [0.5, 0.6) is 0 Å². The number of rotatable bonds is 7. The molecule has 3 rings (SSSR count). The van der Waals surface area contributed by atoms with Crippen LogP contribution in [0.15, 0.2) is 48.5 Å². The molecule has 1 fully saturated rings. The van der Waals surface area contributed by atoms with Gasteiger partial charge in [-0.3, -0.25) is 9.10 Å². The third-order valence-electron chi connectivity index (χ3n) is 4.84. The number of nitrogens with zero attached hydrogens (tertiary/aromatic N) is 2. The minimum absolute atomic E-state index is 0.161. The first-order valence-electron chi connectivity index (χ1n) is 9.28. The SMILES string of the molecule is NCC(=O)c1ccc(CN(c2ccccc2)S(=O)(=O)N2CCCCC2)c(F)c1. The van der Waals surface area contributed by atoms with Crippen molar-refractivity contribution in [3.63, 3.8) is 0 Å². The Hall–Kier alpha value is -2.29. The lowest BCUT2D eigenvalue weighted by Crippen LogP contribution is -2.46. The quantitative estimate of drug-likeness (QED) is 0.718. The first kappa shape index (κ1) is 20.4. The highest BCUT2D eigenvalue weighted by Gasteiger charge is 2.31. The number of ketones is 1. The lowest BCUT2D eigenvalue weighted by molar-refractivity contribution is 0.100. The predicted octanol–water partition coefficient (Wildman–Crippen LogP) is 2.70. The van der Waals surface area contributed by atoms with Gasteiger partial charge in [0.05, 0.1) is 18.8 Å². The largest absolute Gasteiger partial charge is 0.324 e. The zero-order chi connectivity index (χ0) is 20.1. The number of benzene rings is 2. The number of carbonyl (C=O) groups is 1. The molecule has 2 aromatic carbocycles. The average molecular weight is 405 g/mol. The predicted molar refractivity (Wildman–Crippen MR) is 107 cm³/mol. The Kier molecular flexibility index (Phi) is 6.43. The molecule has 1 aliphatic rings. The summed E-state index contributed by atoms with van der Waals surface area (Å²) >= 11 is 0. The van der Waals surface area contributed by atoms with Crippen molar-refractivity contribution in [3.8, 4) is 0 Å². The molecule has 8 heteroatoms. The number of nitrogens with two attached hydrogens (primary N) is 1. The van der Waals surface area contributed by atoms with Gasteiger partial charge < -0.3 is 5.73 Å². The Bertz CT molecular complexity index is 929. The highest BCUT2D eigenvalue weighted by Crippen LogP contribution is 2.26. The number of Topliss-reactive ketones (excluding diaryl/α,β-unsaturated/α-hetero) is 1. The summed E-state index contributed by atoms with van der Waals surface area (Å²) in [5.41, 5.74) is 6.16. The van der Waals surface area contributed by atoms with Gasteiger partial charge in [-0.2, -0.15) is 12.7 Å². The van der Waals surface area contributed by atoms with Crippen molar-refractivity contribution in [2.75, 3.05) is 23.9 Å². The van der Waals surface area contributed by atoms with Crippen LogP contribution >= 0.6 is 0 Å². The van der Waals surface area contributed by atoms with Crippen LogP contribution in [0.2, 0.25) is 0 Å². The van der Waals surface area contributed by atoms with Crippen LogP contribution in [0.1, 0.15) is 35.2 Å². The Labute approximate surface area is 164 Å². The molecule has 2 aromatic rings. The summed E-state index contributed by atoms with van der Waals surface area (Å²) < 4.78 is 43.9. The second kappa shape index (κ2) is 8.81. The van der Waals surface area contributed by atoms with E-state index in [4.69, 9.17) is 5.73 Å². The Balaban J connectivity index is 1.96. The second-order valence-corrected chi connectivity index (χ2v) is 8.60. The van der Waals surface area contributed by atoms with Crippen molar-refractivity contribution >= 4 is 21.7 Å². The molecule has 1 heterocycles. The maximum atomic E-state index is 14.6. The lowest BCUT2D eigenvalue weighted by Gasteiger charge is -2.33. The number of para-hydroxylation sites is 1. The fourth-order valence-electron chi connectivity index (χ4n) is 3.26. The van der Waals surface area contributed by atoms with E-state index >= 15 is 0 Å². The average Bonchev–Trinajstić information content (AvgIpc) is 2.73. The Morgan fingerprint density at radius 3 is 2.36 bits per heavy atom. The molecule has 2 N–H and O–H groups in total. The summed E-state index contributed by atoms with van der Waals surface area (Å²) in [6, 6.07) is 12.7. The van der Waals surface area contributed by atoms with Crippen molar-refractivity contribution < 1.29 is 17.6 Å². The number of carbonyl (C=O) groups excluding carboxylic acids is 1. The topological polar surface area (TPSA) is 83.7 Å². The third kappa shape index (κ3) is 4.40. The maximum absolute atomic E-state index is 14.6. The standard InChI is InChI=1S/C20H24FN3O3S/c21-19-13-16(20(25)14-22)9-10-17(19)15-24(18-7-3-1-4-8-18)28(26,27)23-11-5-2-6-12-23/h1,3-4,7-10,13H,2,5-6,11-12,14-15,22H2. The lowest BCUT2D eigenvalue weighted by atomic mass is 10.1. The third-order valence-corrected chi connectivity index (χ3v) is 6.75. The molecule has 0 radical (unpaired) electrons. The van der Waals surface area contributed by atoms with Gasteiger partial charge in [-0.25, -0.2) is 4.39 Å². The van der Waals surface area contributed by atoms with E-state index in [1.165, 1.54) is 20.7 Å². The molecular formula is C20H24FN3O3S. The highest BCUT2D eigenvalue weighted by molar-refractivity contribution is 7.90. The van der Waals surface area contributed by atoms with E-state index < -0.39 is 16.0 Å². The summed E-state index contributed by atoms with van der Waals surface area (Å²) in [4.78, 5) is 11.7. The van der Waals surface area contributed by atoms with Crippen LogP contribution in [0.4, 0.5) is 10.1 Å². The van der Waals surface area contributed by atoms with E-state index in [0.29, 0.717) is 18.8 Å². The van der Waals surface area contributed by atoms with Crippen molar-refractivity contribution in [2.45, 2.75) is 25.8 Å². The Morgan fingerprint density at radius 2 is 1.75 bits per heavy atom. The molecule has 150 valence electrons. The van der Waals surface area contributed by atoms with Crippen LogP contribution in [-0.4, -0.2) is 38.1 Å². The maximum Gasteiger partial charge on any atom is 0.304 e. The zero-order valence-corrected chi connectivity index (χ0v) is 16.4. The van der Waals surface area contributed by atoms with E-state index in [1.807, 2.05) is 0 Å². The monoisotopic (exact) mass is 405 g/mol. The molecule has 1 saturated heterocycles. The fraction of sp³-hybridized carbons (Fsp3) is 0.350. The molecule has 0 spiro atoms. The van der Waals surface area contributed by atoms with E-state index in [2.05, 4.69) is 0 Å². The summed E-state index contributed by atoms with van der Waals surface area (Å²) in [5, 5.41) is 0. The summed E-state index contributed by atoms with van der Waals surface area (Å²) in [6.07, 6.45) is 2.63. The van der Waals surface area contributed by atoms with Gasteiger partial charge in [0.2, 0.25) is 0 Å². The molecule has 6 nitrogen and oxygen atoms in total. The number of halogens is 1. The van der Waals surface area contributed by atoms with Gasteiger partial charge in [-0.15, -0.1) is 0 Å². The van der Waals surface area contributed by atoms with Crippen LogP contribution in [0, 0.1) is 5.82 Å². The van der Waals surface area contributed by atoms with Gasteiger partial charge in [0, 0.05) is 24.2 Å². The minimum Gasteiger partial charge on any atom is -0.324 e. The Morgan fingerprint density at radius 1 is 1.07 bits per heavy atom. The zero-order valence-electron chi connectivity index (χ0n) is 15.6. The normalized spacial score (nSPS) is 15.4. The van der Waals surface area contributed by atoms with Crippen molar-refractivity contribution in [1.82, 2.24) is 4.31 Å². The van der Waals surface area contributed by atoms with E-state index in [-0.39, 0.29) is 30.0 Å². The van der Waals surface area contributed by atoms with Crippen LogP contribution < -0.4 is 10.0 Å². The summed E-state index contributed by atoms with van der Waals surface area (Å²) in [5.74, 6) is -1.000. The van der Waals surface area contributed by atoms with E-state index in [0.717, 1.165) is 25.3 Å². The van der Waals surface area contributed by atoms with Crippen LogP contribution in [0.25, 0.3) is 0 Å². The second-order valence-electron chi connectivity index (χ2n) is 6.74. The summed E-state index contributed by atoms with van der Waals surface area (Å²) in [7, 11) is -3.81. The molecule has 0 aliphatic carbocycles. The van der Waals surface area contributed by atoms with Gasteiger partial charge in [-0.1, -0.05) is 36.8 Å². The highest BCUT2D eigenvalue weighted by atomic mass is 32.2. The van der Waals surface area contributed by atoms with Gasteiger partial charge in [-0.05, 0) is 31.0 Å². The smallest absolute Gasteiger partial charge is 0.304 e. The van der Waals surface area contributed by atoms with Gasteiger partial charge in [0.1, 0.15) is 5.82 Å². The van der Waals surface area contributed by atoms with Crippen LogP contribution in [-0.2, 0) is 16.8 Å². The van der Waals surface area contributed by atoms with Crippen molar-refractivity contribution in [2.24, 2.45) is 5.73 Å².